The summed E-state index contributed by atoms with van der Waals surface area (Å²) in [4.78, 5) is 60.5. The average Bonchev–Trinajstić information content (AvgIpc) is 3.54. The summed E-state index contributed by atoms with van der Waals surface area (Å²) in [6, 6.07) is 9.96. The molecule has 3 aromatic rings. The van der Waals surface area contributed by atoms with Gasteiger partial charge in [0.15, 0.2) is 11.9 Å². The van der Waals surface area contributed by atoms with Crippen LogP contribution in [0.3, 0.4) is 0 Å². The lowest BCUT2D eigenvalue weighted by atomic mass is 9.91. The molecule has 0 amide bonds. The van der Waals surface area contributed by atoms with E-state index in [9.17, 15) is 19.2 Å². The Bertz CT molecular complexity index is 1640. The Kier molecular flexibility index (Phi) is 10.9. The monoisotopic (exact) mass is 675 g/mol. The highest BCUT2D eigenvalue weighted by Gasteiger charge is 2.63. The summed E-state index contributed by atoms with van der Waals surface area (Å²) in [5.41, 5.74) is -3.58. The van der Waals surface area contributed by atoms with Gasteiger partial charge in [-0.2, -0.15) is 0 Å². The maximum atomic E-state index is 13.5. The molecule has 15 heteroatoms. The molecule has 13 nitrogen and oxygen atoms in total. The number of aromatic nitrogens is 3. The Morgan fingerprint density at radius 3 is 2.28 bits per heavy atom. The Balaban J connectivity index is 1.85. The van der Waals surface area contributed by atoms with Crippen LogP contribution >= 0.6 is 23.2 Å². The number of fused-ring (bicyclic) bond motifs is 1. The van der Waals surface area contributed by atoms with Crippen molar-refractivity contribution in [2.24, 2.45) is 0 Å². The predicted octanol–water partition coefficient (Wildman–Crippen LogP) is 3.63. The third-order valence-electron chi connectivity index (χ3n) is 7.01. The van der Waals surface area contributed by atoms with Gasteiger partial charge in [0, 0.05) is 20.3 Å². The lowest BCUT2D eigenvalue weighted by Gasteiger charge is -2.34. The number of benzene rings is 1. The van der Waals surface area contributed by atoms with Crippen molar-refractivity contribution in [3.63, 3.8) is 0 Å². The smallest absolute Gasteiger partial charge is 0.350 e. The van der Waals surface area contributed by atoms with E-state index >= 15 is 0 Å². The minimum Gasteiger partial charge on any atom is -0.463 e. The van der Waals surface area contributed by atoms with Crippen LogP contribution in [0.25, 0.3) is 11.2 Å². The summed E-state index contributed by atoms with van der Waals surface area (Å²) in [5, 5.41) is 0.201. The first kappa shape index (κ1) is 34.6. The van der Waals surface area contributed by atoms with Crippen LogP contribution in [0.5, 0.6) is 0 Å². The molecular weight excluding hydrogens is 645 g/mol. The number of terminal acetylenes is 1. The van der Waals surface area contributed by atoms with E-state index in [0.717, 1.165) is 13.8 Å². The molecule has 0 N–H and O–H groups in total. The summed E-state index contributed by atoms with van der Waals surface area (Å²) >= 11 is 12.5. The van der Waals surface area contributed by atoms with Gasteiger partial charge in [0.1, 0.15) is 16.8 Å². The Morgan fingerprint density at radius 1 is 1.07 bits per heavy atom. The van der Waals surface area contributed by atoms with Crippen molar-refractivity contribution in [2.45, 2.75) is 63.8 Å². The van der Waals surface area contributed by atoms with Gasteiger partial charge in [-0.15, -0.1) is 6.42 Å². The molecule has 1 saturated heterocycles. The second kappa shape index (κ2) is 14.5. The van der Waals surface area contributed by atoms with Crippen LogP contribution in [0.15, 0.2) is 42.7 Å². The maximum absolute atomic E-state index is 13.5. The highest BCUT2D eigenvalue weighted by Crippen LogP contribution is 2.44. The minimum absolute atomic E-state index is 0.0268. The zero-order chi connectivity index (χ0) is 33.6. The fourth-order valence-corrected chi connectivity index (χ4v) is 5.60. The van der Waals surface area contributed by atoms with Gasteiger partial charge in [0.05, 0.1) is 31.2 Å². The van der Waals surface area contributed by atoms with Gasteiger partial charge in [-0.3, -0.25) is 14.2 Å². The van der Waals surface area contributed by atoms with Crippen LogP contribution in [0.2, 0.25) is 10.2 Å². The molecule has 1 fully saturated rings. The van der Waals surface area contributed by atoms with Gasteiger partial charge in [-0.25, -0.2) is 19.6 Å². The van der Waals surface area contributed by atoms with Crippen molar-refractivity contribution in [3.8, 4) is 12.3 Å². The first-order chi connectivity index (χ1) is 21.9. The predicted molar refractivity (Wildman–Crippen MR) is 162 cm³/mol. The average molecular weight is 677 g/mol. The van der Waals surface area contributed by atoms with E-state index in [1.54, 1.807) is 44.2 Å². The van der Waals surface area contributed by atoms with E-state index in [4.69, 9.17) is 58.0 Å². The van der Waals surface area contributed by atoms with E-state index in [-0.39, 0.29) is 41.0 Å². The zero-order valence-corrected chi connectivity index (χ0v) is 26.9. The fourth-order valence-electron chi connectivity index (χ4n) is 5.12. The number of nitrogens with zero attached hydrogens (tertiary/aromatic N) is 3. The molecule has 1 aromatic carbocycles. The van der Waals surface area contributed by atoms with Crippen LogP contribution in [0, 0.1) is 12.3 Å². The standard InChI is InChI=1S/C31H31Cl2N3O10/c1-6-30(46-19(5)38)22(16-43-31(28(39)41-7-2,29(40)42-8-3)15-20-12-10-9-11-13-20)45-27(25(30)44-18(4)37)36-17-34-24-21(32)14-23(33)35-26(24)36/h1,9-14,17,22,25,27H,7-8,15-16H2,2-5H3/t22-,25+,27-,30-/m1/s1. The summed E-state index contributed by atoms with van der Waals surface area (Å²) in [6.45, 7) is 4.54. The Labute approximate surface area is 274 Å². The molecule has 46 heavy (non-hydrogen) atoms. The second-order valence-electron chi connectivity index (χ2n) is 10.1. The molecule has 244 valence electrons. The zero-order valence-electron chi connectivity index (χ0n) is 25.4. The Morgan fingerprint density at radius 2 is 1.72 bits per heavy atom. The molecule has 0 saturated carbocycles. The number of imidazole rings is 1. The number of hydrogen-bond acceptors (Lipinski definition) is 12. The minimum atomic E-state index is -2.34. The van der Waals surface area contributed by atoms with E-state index in [2.05, 4.69) is 15.9 Å². The van der Waals surface area contributed by atoms with E-state index in [1.807, 2.05) is 0 Å². The second-order valence-corrected chi connectivity index (χ2v) is 10.9. The molecular formula is C31H31Cl2N3O10. The highest BCUT2D eigenvalue weighted by atomic mass is 35.5. The van der Waals surface area contributed by atoms with Crippen molar-refractivity contribution in [1.82, 2.24) is 14.5 Å². The van der Waals surface area contributed by atoms with Crippen molar-refractivity contribution in [3.05, 3.63) is 58.5 Å². The van der Waals surface area contributed by atoms with Crippen molar-refractivity contribution in [1.29, 1.82) is 0 Å². The molecule has 4 atom stereocenters. The number of carbonyl (C=O) groups excluding carboxylic acids is 4. The third kappa shape index (κ3) is 6.80. The SMILES string of the molecule is C#C[C@@]1(OC(C)=O)[C@@H](COC(Cc2ccccc2)(C(=O)OCC)C(=O)OCC)O[C@@H](n2cnc3c(Cl)cc(Cl)nc32)[C@@H]1OC(C)=O. The van der Waals surface area contributed by atoms with Crippen molar-refractivity contribution < 1.29 is 47.6 Å². The molecule has 0 aliphatic carbocycles. The van der Waals surface area contributed by atoms with Crippen molar-refractivity contribution >= 4 is 58.2 Å². The number of carbonyl (C=O) groups is 4. The molecule has 0 unspecified atom stereocenters. The number of hydrogen-bond donors (Lipinski definition) is 0. The summed E-state index contributed by atoms with van der Waals surface area (Å²) in [7, 11) is 0. The topological polar surface area (TPSA) is 154 Å². The van der Waals surface area contributed by atoms with Crippen molar-refractivity contribution in [2.75, 3.05) is 19.8 Å². The molecule has 1 aliphatic rings. The lowest BCUT2D eigenvalue weighted by Crippen LogP contribution is -2.57. The fraction of sp³-hybridized carbons (Fsp3) is 0.419. The van der Waals surface area contributed by atoms with Gasteiger partial charge in [-0.1, -0.05) is 59.5 Å². The number of halogens is 2. The maximum Gasteiger partial charge on any atom is 0.350 e. The van der Waals surface area contributed by atoms with Crippen LogP contribution < -0.4 is 0 Å². The van der Waals surface area contributed by atoms with Crippen LogP contribution in [-0.4, -0.2) is 81.6 Å². The molecule has 2 aromatic heterocycles. The van der Waals surface area contributed by atoms with Gasteiger partial charge in [0.25, 0.3) is 5.60 Å². The van der Waals surface area contributed by atoms with Crippen LogP contribution in [0.4, 0.5) is 0 Å². The summed E-state index contributed by atoms with van der Waals surface area (Å²) in [6.07, 6.45) is 2.71. The number of esters is 4. The van der Waals surface area contributed by atoms with Crippen LogP contribution in [0.1, 0.15) is 39.5 Å². The molecule has 4 rings (SSSR count). The van der Waals surface area contributed by atoms with E-state index < -0.39 is 60.1 Å². The van der Waals surface area contributed by atoms with Gasteiger partial charge < -0.3 is 28.4 Å². The van der Waals surface area contributed by atoms with E-state index in [0.29, 0.717) is 5.56 Å². The normalized spacial score (nSPS) is 20.9. The van der Waals surface area contributed by atoms with Gasteiger partial charge >= 0.3 is 23.9 Å². The summed E-state index contributed by atoms with van der Waals surface area (Å²) < 4.78 is 35.7. The molecule has 0 spiro atoms. The van der Waals surface area contributed by atoms with Gasteiger partial charge in [-0.05, 0) is 25.5 Å². The highest BCUT2D eigenvalue weighted by molar-refractivity contribution is 6.37. The molecule has 0 bridgehead atoms. The quantitative estimate of drug-likeness (QED) is 0.0905. The number of ether oxygens (including phenoxy) is 6. The Hall–Kier alpha value is -4.22. The largest absolute Gasteiger partial charge is 0.463 e. The summed E-state index contributed by atoms with van der Waals surface area (Å²) in [5.74, 6) is -1.30. The number of rotatable bonds is 12. The van der Waals surface area contributed by atoms with E-state index in [1.165, 1.54) is 17.0 Å². The van der Waals surface area contributed by atoms with Gasteiger partial charge in [0.2, 0.25) is 11.7 Å². The molecule has 1 aliphatic heterocycles. The molecule has 3 heterocycles. The van der Waals surface area contributed by atoms with Crippen LogP contribution in [-0.2, 0) is 54.0 Å². The molecule has 0 radical (unpaired) electrons. The third-order valence-corrected chi connectivity index (χ3v) is 7.49. The first-order valence-electron chi connectivity index (χ1n) is 14.1. The first-order valence-corrected chi connectivity index (χ1v) is 14.9. The number of pyridine rings is 1. The lowest BCUT2D eigenvalue weighted by molar-refractivity contribution is -0.200.